The summed E-state index contributed by atoms with van der Waals surface area (Å²) in [5, 5.41) is 65.8. The maximum absolute atomic E-state index is 10.5. The first-order chi connectivity index (χ1) is 12.2. The van der Waals surface area contributed by atoms with Gasteiger partial charge in [-0.15, -0.1) is 0 Å². The highest BCUT2D eigenvalue weighted by atomic mass is 35.5. The van der Waals surface area contributed by atoms with Crippen molar-refractivity contribution in [1.82, 2.24) is 0 Å². The summed E-state index contributed by atoms with van der Waals surface area (Å²) in [5.41, 5.74) is 0. The van der Waals surface area contributed by atoms with E-state index >= 15 is 0 Å². The zero-order valence-electron chi connectivity index (χ0n) is 13.2. The average Bonchev–Trinajstić information content (AvgIpc) is 2.83. The first-order valence-corrected chi connectivity index (χ1v) is 8.86. The Kier molecular flexibility index (Phi) is 6.62. The van der Waals surface area contributed by atoms with Gasteiger partial charge in [0.05, 0.1) is 13.2 Å². The highest BCUT2D eigenvalue weighted by molar-refractivity contribution is 6.42. The first-order valence-electron chi connectivity index (χ1n) is 7.34. The summed E-state index contributed by atoms with van der Waals surface area (Å²) < 4.78 is 15.2. The first kappa shape index (κ1) is 24.0. The molecule has 15 heteroatoms. The molecule has 160 valence electrons. The molecule has 2 aliphatic heterocycles. The fraction of sp³-hybridized carbons (Fsp3) is 1.00. The second kappa shape index (κ2) is 7.45. The molecule has 0 aliphatic carbocycles. The van der Waals surface area contributed by atoms with Gasteiger partial charge in [-0.2, -0.15) is 0 Å². The van der Waals surface area contributed by atoms with E-state index in [-0.39, 0.29) is 0 Å². The van der Waals surface area contributed by atoms with Gasteiger partial charge < -0.3 is 50.3 Å². The molecule has 0 aromatic heterocycles. The van der Waals surface area contributed by atoms with E-state index in [1.165, 1.54) is 0 Å². The second-order valence-electron chi connectivity index (χ2n) is 6.09. The molecule has 0 aromatic rings. The second-order valence-corrected chi connectivity index (χ2v) is 8.26. The Hall–Kier alpha value is 0.720. The molecule has 0 radical (unpaired) electrons. The van der Waals surface area contributed by atoms with E-state index in [1.807, 2.05) is 0 Å². The molecule has 2 aliphatic rings. The van der Waals surface area contributed by atoms with Crippen molar-refractivity contribution in [3.8, 4) is 0 Å². The van der Waals surface area contributed by atoms with Crippen molar-refractivity contribution in [2.45, 2.75) is 50.6 Å². The summed E-state index contributed by atoms with van der Waals surface area (Å²) in [5.74, 6) is -2.63. The summed E-state index contributed by atoms with van der Waals surface area (Å²) in [6.45, 7) is -3.15. The molecule has 2 rings (SSSR count). The Morgan fingerprint density at radius 1 is 0.852 bits per heavy atom. The lowest BCUT2D eigenvalue weighted by Gasteiger charge is -2.56. The van der Waals surface area contributed by atoms with Crippen LogP contribution in [-0.2, 0) is 14.2 Å². The van der Waals surface area contributed by atoms with Gasteiger partial charge in [-0.05, 0) is 0 Å². The Bertz CT molecular complexity index is 563. The van der Waals surface area contributed by atoms with Crippen LogP contribution in [0.25, 0.3) is 0 Å². The van der Waals surface area contributed by atoms with E-state index in [0.717, 1.165) is 0 Å². The Morgan fingerprint density at radius 3 is 1.81 bits per heavy atom. The highest BCUT2D eigenvalue weighted by Gasteiger charge is 2.79. The predicted octanol–water partition coefficient (Wildman–Crippen LogP) is -3.13. The SMILES string of the molecule is OC[C@H]1OC(CO)(O[C@]2(Cl)O[C@H](CO)[C@](O)(Cl)[C@@](O)(Cl)[C@]2(O)Cl)[C@@H](O)[C@@H]1O. The van der Waals surface area contributed by atoms with Gasteiger partial charge in [-0.25, -0.2) is 0 Å². The average molecular weight is 480 g/mol. The van der Waals surface area contributed by atoms with Crippen molar-refractivity contribution >= 4 is 46.4 Å². The van der Waals surface area contributed by atoms with Gasteiger partial charge in [0, 0.05) is 0 Å². The van der Waals surface area contributed by atoms with Gasteiger partial charge in [0.1, 0.15) is 31.0 Å². The minimum absolute atomic E-state index is 0.815. The smallest absolute Gasteiger partial charge is 0.301 e. The summed E-state index contributed by atoms with van der Waals surface area (Å²) in [6, 6.07) is 0. The lowest BCUT2D eigenvalue weighted by Crippen LogP contribution is -2.79. The number of halogens is 4. The molecule has 1 unspecified atom stereocenters. The number of hydrogen-bond acceptors (Lipinski definition) is 11. The van der Waals surface area contributed by atoms with Crippen LogP contribution in [0.5, 0.6) is 0 Å². The third-order valence-electron chi connectivity index (χ3n) is 4.40. The molecule has 2 fully saturated rings. The van der Waals surface area contributed by atoms with E-state index in [2.05, 4.69) is 0 Å². The highest BCUT2D eigenvalue weighted by Crippen LogP contribution is 2.58. The summed E-state index contributed by atoms with van der Waals surface area (Å²) >= 11 is 23.1. The van der Waals surface area contributed by atoms with Gasteiger partial charge in [0.15, 0.2) is 0 Å². The van der Waals surface area contributed by atoms with Crippen molar-refractivity contribution in [3.63, 3.8) is 0 Å². The molecule has 27 heavy (non-hydrogen) atoms. The molecule has 0 bridgehead atoms. The lowest BCUT2D eigenvalue weighted by atomic mass is 9.96. The molecule has 0 spiro atoms. The van der Waals surface area contributed by atoms with E-state index in [0.29, 0.717) is 0 Å². The van der Waals surface area contributed by atoms with Gasteiger partial charge in [0.2, 0.25) is 15.9 Å². The molecule has 0 aromatic carbocycles. The van der Waals surface area contributed by atoms with Gasteiger partial charge in [-0.1, -0.05) is 46.4 Å². The maximum Gasteiger partial charge on any atom is 0.301 e. The number of rotatable bonds is 5. The van der Waals surface area contributed by atoms with Crippen molar-refractivity contribution in [2.24, 2.45) is 0 Å². The Balaban J connectivity index is 2.49. The molecule has 11 nitrogen and oxygen atoms in total. The fourth-order valence-corrected chi connectivity index (χ4v) is 3.90. The quantitative estimate of drug-likeness (QED) is 0.186. The number of hydrogen-bond donors (Lipinski definition) is 8. The van der Waals surface area contributed by atoms with E-state index in [1.54, 1.807) is 0 Å². The topological polar surface area (TPSA) is 190 Å². The van der Waals surface area contributed by atoms with Crippen LogP contribution in [0.2, 0.25) is 0 Å². The van der Waals surface area contributed by atoms with Crippen molar-refractivity contribution in [1.29, 1.82) is 0 Å². The Labute approximate surface area is 172 Å². The van der Waals surface area contributed by atoms with E-state index < -0.39 is 70.5 Å². The molecule has 8 N–H and O–H groups in total. The van der Waals surface area contributed by atoms with Crippen LogP contribution in [0.15, 0.2) is 0 Å². The van der Waals surface area contributed by atoms with Crippen molar-refractivity contribution in [3.05, 3.63) is 0 Å². The number of aliphatic hydroxyl groups is 8. The third-order valence-corrected chi connectivity index (χ3v) is 6.73. The molecule has 2 heterocycles. The van der Waals surface area contributed by atoms with Crippen LogP contribution in [0, 0.1) is 0 Å². The van der Waals surface area contributed by atoms with Gasteiger partial charge >= 0.3 is 5.25 Å². The van der Waals surface area contributed by atoms with Crippen LogP contribution in [0.3, 0.4) is 0 Å². The summed E-state index contributed by atoms with van der Waals surface area (Å²) in [6.07, 6.45) is -7.29. The standard InChI is InChI=1S/C12H18Cl4O11/c13-9(22)5(2-18)26-12(16,11(15,24)10(9,14)23)27-8(3-19)7(21)6(20)4(1-17)25-8/h4-7,17-24H,1-3H2/t4-,5-,6-,7+,8?,9-,10+,11-,12-/m1/s1. The predicted molar refractivity (Wildman–Crippen MR) is 87.8 cm³/mol. The maximum atomic E-state index is 10.5. The largest absolute Gasteiger partial charge is 0.394 e. The minimum atomic E-state index is -3.49. The third kappa shape index (κ3) is 3.26. The molecular weight excluding hydrogens is 462 g/mol. The summed E-state index contributed by atoms with van der Waals surface area (Å²) in [4.78, 5) is 0. The normalized spacial score (nSPS) is 56.4. The van der Waals surface area contributed by atoms with Crippen LogP contribution in [0.1, 0.15) is 0 Å². The van der Waals surface area contributed by atoms with Crippen molar-refractivity contribution in [2.75, 3.05) is 19.8 Å². The van der Waals surface area contributed by atoms with Crippen LogP contribution in [0.4, 0.5) is 0 Å². The fourth-order valence-electron chi connectivity index (χ4n) is 2.71. The number of ether oxygens (including phenoxy) is 3. The molecule has 0 amide bonds. The minimum Gasteiger partial charge on any atom is -0.394 e. The molecule has 0 saturated carbocycles. The van der Waals surface area contributed by atoms with Crippen molar-refractivity contribution < 1.29 is 55.1 Å². The number of aliphatic hydroxyl groups excluding tert-OH is 5. The van der Waals surface area contributed by atoms with Crippen LogP contribution >= 0.6 is 46.4 Å². The van der Waals surface area contributed by atoms with Gasteiger partial charge in [-0.3, -0.25) is 4.74 Å². The molecule has 9 atom stereocenters. The van der Waals surface area contributed by atoms with E-state index in [9.17, 15) is 35.7 Å². The van der Waals surface area contributed by atoms with E-state index in [4.69, 9.17) is 65.7 Å². The zero-order chi connectivity index (χ0) is 21.1. The van der Waals surface area contributed by atoms with Gasteiger partial charge in [0.25, 0.3) is 5.06 Å². The van der Waals surface area contributed by atoms with Crippen LogP contribution in [-0.4, -0.2) is 111 Å². The Morgan fingerprint density at radius 2 is 1.41 bits per heavy atom. The number of alkyl halides is 4. The molecular formula is C12H18Cl4O11. The lowest BCUT2D eigenvalue weighted by molar-refractivity contribution is -0.421. The summed E-state index contributed by atoms with van der Waals surface area (Å²) in [7, 11) is 0. The van der Waals surface area contributed by atoms with Crippen LogP contribution < -0.4 is 0 Å². The zero-order valence-corrected chi connectivity index (χ0v) is 16.3. The molecule has 2 saturated heterocycles. The monoisotopic (exact) mass is 478 g/mol.